The molecule has 1 fully saturated rings. The minimum atomic E-state index is -0.275. The largest absolute Gasteiger partial charge is 0.401 e. The van der Waals surface area contributed by atoms with E-state index in [9.17, 15) is 5.11 Å². The molecule has 3 atom stereocenters. The maximum atomic E-state index is 9.62. The number of hydrogen-bond acceptors (Lipinski definition) is 2. The Labute approximate surface area is 85.7 Å². The molecule has 2 N–H and O–H groups in total. The van der Waals surface area contributed by atoms with Gasteiger partial charge in [-0.2, -0.15) is 0 Å². The van der Waals surface area contributed by atoms with E-state index in [0.717, 1.165) is 13.0 Å². The summed E-state index contributed by atoms with van der Waals surface area (Å²) in [6.07, 6.45) is 1.12. The van der Waals surface area contributed by atoms with Crippen LogP contribution in [0.3, 0.4) is 0 Å². The third-order valence-electron chi connectivity index (χ3n) is 3.02. The van der Waals surface area contributed by atoms with Crippen LogP contribution >= 0.6 is 0 Å². The second-order valence-electron chi connectivity index (χ2n) is 4.03. The predicted molar refractivity (Wildman–Crippen MR) is 60.1 cm³/mol. The Balaban J connectivity index is 2.18. The van der Waals surface area contributed by atoms with Gasteiger partial charge < -0.3 is 10.4 Å². The maximum Gasteiger partial charge on any atom is 0.140 e. The van der Waals surface area contributed by atoms with E-state index < -0.39 is 0 Å². The lowest BCUT2D eigenvalue weighted by atomic mass is 9.82. The van der Waals surface area contributed by atoms with Crippen molar-refractivity contribution in [3.63, 3.8) is 0 Å². The fraction of sp³-hybridized carbons (Fsp3) is 0.455. The minimum Gasteiger partial charge on any atom is -0.401 e. The highest BCUT2D eigenvalue weighted by Crippen LogP contribution is 2.28. The van der Waals surface area contributed by atoms with Crippen LogP contribution in [0.5, 0.6) is 0 Å². The highest BCUT2D eigenvalue weighted by molar-refractivity contribution is 6.11. The second kappa shape index (κ2) is 4.15. The van der Waals surface area contributed by atoms with Crippen molar-refractivity contribution in [2.45, 2.75) is 24.4 Å². The third-order valence-corrected chi connectivity index (χ3v) is 3.02. The summed E-state index contributed by atoms with van der Waals surface area (Å²) in [6.45, 7) is 1.01. The molecule has 2 nitrogen and oxygen atoms in total. The molecule has 0 saturated carbocycles. The van der Waals surface area contributed by atoms with E-state index >= 15 is 0 Å². The topological polar surface area (TPSA) is 32.3 Å². The number of nitrogens with one attached hydrogen (secondary N) is 1. The molecular formula is C11H16BNO. The molecular weight excluding hydrogens is 173 g/mol. The maximum absolute atomic E-state index is 9.62. The number of hydrogen-bond donors (Lipinski definition) is 2. The van der Waals surface area contributed by atoms with Crippen molar-refractivity contribution < 1.29 is 5.11 Å². The van der Waals surface area contributed by atoms with Gasteiger partial charge in [0.25, 0.3) is 0 Å². The average Bonchev–Trinajstić information content (AvgIpc) is 2.67. The van der Waals surface area contributed by atoms with Gasteiger partial charge in [-0.1, -0.05) is 30.3 Å². The van der Waals surface area contributed by atoms with E-state index in [1.165, 1.54) is 5.56 Å². The minimum absolute atomic E-state index is 0.220. The summed E-state index contributed by atoms with van der Waals surface area (Å²) in [7, 11) is 1.86. The molecule has 2 rings (SSSR count). The molecule has 1 aliphatic rings. The first-order chi connectivity index (χ1) is 6.79. The zero-order chi connectivity index (χ0) is 9.97. The van der Waals surface area contributed by atoms with Crippen LogP contribution < -0.4 is 5.32 Å². The van der Waals surface area contributed by atoms with Gasteiger partial charge in [-0.05, 0) is 18.5 Å². The molecule has 1 aromatic carbocycles. The van der Waals surface area contributed by atoms with E-state index in [1.807, 2.05) is 13.9 Å². The van der Waals surface area contributed by atoms with E-state index in [-0.39, 0.29) is 12.0 Å². The zero-order valence-electron chi connectivity index (χ0n) is 8.48. The Kier molecular flexibility index (Phi) is 2.89. The van der Waals surface area contributed by atoms with Crippen molar-refractivity contribution in [2.24, 2.45) is 0 Å². The lowest BCUT2D eigenvalue weighted by Crippen LogP contribution is -2.38. The molecule has 0 radical (unpaired) electrons. The third kappa shape index (κ3) is 1.84. The molecule has 14 heavy (non-hydrogen) atoms. The van der Waals surface area contributed by atoms with Crippen molar-refractivity contribution in [3.8, 4) is 0 Å². The number of aliphatic hydroxyl groups excluding tert-OH is 1. The second-order valence-corrected chi connectivity index (χ2v) is 4.03. The van der Waals surface area contributed by atoms with Crippen molar-refractivity contribution >= 4 is 7.85 Å². The lowest BCUT2D eigenvalue weighted by Gasteiger charge is -2.22. The molecule has 1 unspecified atom stereocenters. The highest BCUT2D eigenvalue weighted by atomic mass is 16.3. The monoisotopic (exact) mass is 189 g/mol. The fourth-order valence-electron chi connectivity index (χ4n) is 2.31. The molecule has 1 aliphatic heterocycles. The van der Waals surface area contributed by atoms with Gasteiger partial charge in [0.15, 0.2) is 0 Å². The number of benzene rings is 1. The SMILES string of the molecule is BC(O)[C@H]1NCC[C@@H]1c1ccccc1. The molecule has 1 saturated heterocycles. The van der Waals surface area contributed by atoms with Crippen LogP contribution in [0.15, 0.2) is 30.3 Å². The fourth-order valence-corrected chi connectivity index (χ4v) is 2.31. The van der Waals surface area contributed by atoms with Gasteiger partial charge in [-0.15, -0.1) is 0 Å². The van der Waals surface area contributed by atoms with E-state index in [1.54, 1.807) is 0 Å². The number of aliphatic hydroxyl groups is 1. The van der Waals surface area contributed by atoms with Crippen LogP contribution in [0, 0.1) is 0 Å². The van der Waals surface area contributed by atoms with Crippen LogP contribution in [0.1, 0.15) is 17.9 Å². The first-order valence-corrected chi connectivity index (χ1v) is 5.25. The Bertz CT molecular complexity index is 289. The predicted octanol–water partition coefficient (Wildman–Crippen LogP) is 0.0836. The molecule has 0 amide bonds. The molecule has 3 heteroatoms. The average molecular weight is 189 g/mol. The summed E-state index contributed by atoms with van der Waals surface area (Å²) in [5.74, 6) is 0.469. The van der Waals surface area contributed by atoms with Gasteiger partial charge in [0, 0.05) is 18.0 Å². The number of rotatable bonds is 2. The summed E-state index contributed by atoms with van der Waals surface area (Å²) in [5.41, 5.74) is 1.34. The van der Waals surface area contributed by atoms with Crippen molar-refractivity contribution in [2.75, 3.05) is 6.54 Å². The normalized spacial score (nSPS) is 28.9. The van der Waals surface area contributed by atoms with Gasteiger partial charge in [-0.25, -0.2) is 0 Å². The molecule has 0 aliphatic carbocycles. The van der Waals surface area contributed by atoms with Gasteiger partial charge in [0.1, 0.15) is 7.85 Å². The van der Waals surface area contributed by atoms with Gasteiger partial charge in [0.05, 0.1) is 0 Å². The Hall–Kier alpha value is -0.795. The first-order valence-electron chi connectivity index (χ1n) is 5.25. The molecule has 0 aromatic heterocycles. The van der Waals surface area contributed by atoms with Gasteiger partial charge >= 0.3 is 0 Å². The van der Waals surface area contributed by atoms with Gasteiger partial charge in [-0.3, -0.25) is 0 Å². The first kappa shape index (κ1) is 9.75. The van der Waals surface area contributed by atoms with E-state index in [4.69, 9.17) is 0 Å². The van der Waals surface area contributed by atoms with Crippen molar-refractivity contribution in [1.82, 2.24) is 5.32 Å². The van der Waals surface area contributed by atoms with E-state index in [2.05, 4.69) is 29.6 Å². The van der Waals surface area contributed by atoms with E-state index in [0.29, 0.717) is 5.92 Å². The zero-order valence-corrected chi connectivity index (χ0v) is 8.48. The van der Waals surface area contributed by atoms with Crippen LogP contribution in [0.4, 0.5) is 0 Å². The summed E-state index contributed by atoms with van der Waals surface area (Å²) in [4.78, 5) is 0. The van der Waals surface area contributed by atoms with Crippen LogP contribution in [-0.2, 0) is 0 Å². The van der Waals surface area contributed by atoms with Crippen molar-refractivity contribution in [3.05, 3.63) is 35.9 Å². The molecule has 1 aromatic rings. The standard InChI is InChI=1S/C11H16BNO/c12-11(14)10-9(6-7-13-10)8-4-2-1-3-5-8/h1-5,9-11,13-14H,6-7,12H2/t9-,10+,11?/m1/s1. The summed E-state index contributed by atoms with van der Waals surface area (Å²) < 4.78 is 0. The van der Waals surface area contributed by atoms with Crippen LogP contribution in [0.25, 0.3) is 0 Å². The quantitative estimate of drug-likeness (QED) is 0.646. The van der Waals surface area contributed by atoms with Crippen molar-refractivity contribution in [1.29, 1.82) is 0 Å². The van der Waals surface area contributed by atoms with Gasteiger partial charge in [0.2, 0.25) is 0 Å². The smallest absolute Gasteiger partial charge is 0.140 e. The summed E-state index contributed by atoms with van der Waals surface area (Å²) in [5, 5.41) is 13.0. The molecule has 0 bridgehead atoms. The highest BCUT2D eigenvalue weighted by Gasteiger charge is 2.30. The summed E-state index contributed by atoms with van der Waals surface area (Å²) in [6, 6.07) is 10.4. The van der Waals surface area contributed by atoms with Crippen LogP contribution in [-0.4, -0.2) is 31.5 Å². The summed E-state index contributed by atoms with van der Waals surface area (Å²) >= 11 is 0. The lowest BCUT2D eigenvalue weighted by molar-refractivity contribution is 0.204. The molecule has 0 spiro atoms. The molecule has 74 valence electrons. The Morgan fingerprint density at radius 3 is 2.71 bits per heavy atom. The Morgan fingerprint density at radius 1 is 1.36 bits per heavy atom. The molecule has 1 heterocycles. The van der Waals surface area contributed by atoms with Crippen LogP contribution in [0.2, 0.25) is 0 Å². The Morgan fingerprint density at radius 2 is 2.07 bits per heavy atom.